The summed E-state index contributed by atoms with van der Waals surface area (Å²) in [5.41, 5.74) is 5.79. The topological polar surface area (TPSA) is 90.4 Å². The van der Waals surface area contributed by atoms with Gasteiger partial charge in [-0.2, -0.15) is 0 Å². The third kappa shape index (κ3) is 4.02. The minimum absolute atomic E-state index is 0. The van der Waals surface area contributed by atoms with Crippen molar-refractivity contribution in [3.05, 3.63) is 46.9 Å². The van der Waals surface area contributed by atoms with E-state index in [0.717, 1.165) is 56.0 Å². The maximum atomic E-state index is 11.5. The molecule has 3 aliphatic rings. The van der Waals surface area contributed by atoms with E-state index < -0.39 is 6.10 Å². The van der Waals surface area contributed by atoms with Crippen LogP contribution in [0, 0.1) is 0 Å². The highest BCUT2D eigenvalue weighted by molar-refractivity contribution is 5.85. The van der Waals surface area contributed by atoms with Crippen LogP contribution in [-0.4, -0.2) is 40.6 Å². The smallest absolute Gasteiger partial charge is 0.217 e. The number of rotatable bonds is 3. The zero-order valence-corrected chi connectivity index (χ0v) is 20.1. The molecular formula is C23H31Cl2N5O2. The van der Waals surface area contributed by atoms with Crippen LogP contribution in [0.2, 0.25) is 0 Å². The van der Waals surface area contributed by atoms with Gasteiger partial charge in [0.05, 0.1) is 11.8 Å². The normalized spacial score (nSPS) is 22.3. The molecule has 1 spiro atoms. The molecule has 0 unspecified atom stereocenters. The number of fused-ring (bicyclic) bond motifs is 3. The molecule has 1 aliphatic carbocycles. The van der Waals surface area contributed by atoms with Gasteiger partial charge in [0.15, 0.2) is 0 Å². The Hall–Kier alpha value is -2.09. The summed E-state index contributed by atoms with van der Waals surface area (Å²) >= 11 is 0. The van der Waals surface area contributed by atoms with E-state index in [1.807, 2.05) is 0 Å². The van der Waals surface area contributed by atoms with Gasteiger partial charge in [0.25, 0.3) is 0 Å². The van der Waals surface area contributed by atoms with E-state index in [1.54, 1.807) is 13.3 Å². The number of hydrogen-bond donors (Lipinski definition) is 3. The molecular weight excluding hydrogens is 449 g/mol. The van der Waals surface area contributed by atoms with Crippen LogP contribution in [0.1, 0.15) is 67.5 Å². The van der Waals surface area contributed by atoms with Crippen molar-refractivity contribution in [2.24, 2.45) is 0 Å². The zero-order chi connectivity index (χ0) is 20.9. The van der Waals surface area contributed by atoms with Crippen LogP contribution in [-0.2, 0) is 16.8 Å². The number of aromatic nitrogens is 2. The Bertz CT molecular complexity index is 994. The maximum Gasteiger partial charge on any atom is 0.217 e. The number of hydrogen-bond acceptors (Lipinski definition) is 6. The standard InChI is InChI=1S/C23H29N5O2.2ClH/c1-14-10-18(30)21-19(14)22(27-13-26-21)28-8-6-23(7-9-28)12-25-17-5-3-4-16(20(17)23)11-24-15(2)29;;/h3-5,13-14,18,25,30H,6-12H2,1-2H3,(H,24,29);2*1H/t14-,18-;;/m1../s1. The first kappa shape index (κ1) is 24.6. The lowest BCUT2D eigenvalue weighted by Crippen LogP contribution is -2.45. The number of nitrogens with one attached hydrogen (secondary N) is 2. The van der Waals surface area contributed by atoms with Gasteiger partial charge in [-0.1, -0.05) is 19.1 Å². The molecule has 1 aromatic heterocycles. The Kier molecular flexibility index (Phi) is 7.22. The molecule has 32 heavy (non-hydrogen) atoms. The maximum absolute atomic E-state index is 11.5. The van der Waals surface area contributed by atoms with Crippen LogP contribution in [0.5, 0.6) is 0 Å². The number of carbonyl (C=O) groups excluding carboxylic acids is 1. The third-order valence-corrected chi connectivity index (χ3v) is 7.13. The average molecular weight is 480 g/mol. The van der Waals surface area contributed by atoms with Gasteiger partial charge in [0.2, 0.25) is 5.91 Å². The number of carbonyl (C=O) groups is 1. The van der Waals surface area contributed by atoms with E-state index in [0.29, 0.717) is 6.54 Å². The second kappa shape index (κ2) is 9.41. The van der Waals surface area contributed by atoms with Crippen LogP contribution in [0.25, 0.3) is 0 Å². The largest absolute Gasteiger partial charge is 0.387 e. The van der Waals surface area contributed by atoms with E-state index in [9.17, 15) is 9.90 Å². The van der Waals surface area contributed by atoms with Crippen molar-refractivity contribution in [2.45, 2.75) is 57.1 Å². The summed E-state index contributed by atoms with van der Waals surface area (Å²) in [4.78, 5) is 22.8. The third-order valence-electron chi connectivity index (χ3n) is 7.13. The number of aliphatic hydroxyl groups is 1. The Morgan fingerprint density at radius 2 is 2.03 bits per heavy atom. The molecule has 174 valence electrons. The molecule has 1 saturated heterocycles. The molecule has 1 aromatic carbocycles. The molecule has 0 bridgehead atoms. The molecule has 5 rings (SSSR count). The lowest BCUT2D eigenvalue weighted by molar-refractivity contribution is -0.119. The van der Waals surface area contributed by atoms with Crippen molar-refractivity contribution >= 4 is 42.2 Å². The SMILES string of the molecule is CC(=O)NCc1cccc2c1C1(CCN(c3ncnc4c3[C@H](C)C[C@H]4O)CC1)CN2.Cl.Cl. The summed E-state index contributed by atoms with van der Waals surface area (Å²) in [6.07, 6.45) is 3.90. The summed E-state index contributed by atoms with van der Waals surface area (Å²) in [5.74, 6) is 1.27. The molecule has 9 heteroatoms. The van der Waals surface area contributed by atoms with Gasteiger partial charge in [0, 0.05) is 49.8 Å². The molecule has 0 saturated carbocycles. The van der Waals surface area contributed by atoms with Crippen LogP contribution < -0.4 is 15.5 Å². The molecule has 1 amide bonds. The first-order valence-corrected chi connectivity index (χ1v) is 10.9. The highest BCUT2D eigenvalue weighted by atomic mass is 35.5. The summed E-state index contributed by atoms with van der Waals surface area (Å²) in [7, 11) is 0. The molecule has 3 N–H and O–H groups in total. The van der Waals surface area contributed by atoms with Gasteiger partial charge in [-0.15, -0.1) is 24.8 Å². The molecule has 2 aliphatic heterocycles. The highest BCUT2D eigenvalue weighted by Gasteiger charge is 2.44. The lowest BCUT2D eigenvalue weighted by atomic mass is 9.72. The number of nitrogens with zero attached hydrogens (tertiary/aromatic N) is 3. The van der Waals surface area contributed by atoms with Gasteiger partial charge >= 0.3 is 0 Å². The summed E-state index contributed by atoms with van der Waals surface area (Å²) in [6, 6.07) is 6.35. The molecule has 3 heterocycles. The number of amides is 1. The monoisotopic (exact) mass is 479 g/mol. The van der Waals surface area contributed by atoms with E-state index >= 15 is 0 Å². The highest BCUT2D eigenvalue weighted by Crippen LogP contribution is 2.48. The number of anilines is 2. The van der Waals surface area contributed by atoms with Crippen LogP contribution in [0.3, 0.4) is 0 Å². The van der Waals surface area contributed by atoms with E-state index in [4.69, 9.17) is 0 Å². The van der Waals surface area contributed by atoms with Gasteiger partial charge in [0.1, 0.15) is 12.1 Å². The van der Waals surface area contributed by atoms with Crippen LogP contribution in [0.4, 0.5) is 11.5 Å². The Balaban J connectivity index is 0.00000144. The molecule has 2 aromatic rings. The van der Waals surface area contributed by atoms with Gasteiger partial charge < -0.3 is 20.6 Å². The minimum Gasteiger partial charge on any atom is -0.387 e. The fourth-order valence-corrected chi connectivity index (χ4v) is 5.62. The first-order valence-electron chi connectivity index (χ1n) is 10.9. The number of piperidine rings is 1. The van der Waals surface area contributed by atoms with Gasteiger partial charge in [-0.25, -0.2) is 9.97 Å². The second-order valence-electron chi connectivity index (χ2n) is 9.02. The van der Waals surface area contributed by atoms with E-state index in [2.05, 4.69) is 50.6 Å². The summed E-state index contributed by atoms with van der Waals surface area (Å²) in [5, 5.41) is 16.9. The second-order valence-corrected chi connectivity index (χ2v) is 9.02. The van der Waals surface area contributed by atoms with Gasteiger partial charge in [-0.05, 0) is 42.4 Å². The fourth-order valence-electron chi connectivity index (χ4n) is 5.62. The van der Waals surface area contributed by atoms with E-state index in [-0.39, 0.29) is 42.1 Å². The van der Waals surface area contributed by atoms with Crippen molar-refractivity contribution < 1.29 is 9.90 Å². The first-order chi connectivity index (χ1) is 14.5. The van der Waals surface area contributed by atoms with Crippen molar-refractivity contribution in [3.63, 3.8) is 0 Å². The Morgan fingerprint density at radius 3 is 2.75 bits per heavy atom. The lowest BCUT2D eigenvalue weighted by Gasteiger charge is -2.41. The summed E-state index contributed by atoms with van der Waals surface area (Å²) < 4.78 is 0. The van der Waals surface area contributed by atoms with Crippen molar-refractivity contribution in [3.8, 4) is 0 Å². The fraction of sp³-hybridized carbons (Fsp3) is 0.522. The molecule has 2 atom stereocenters. The van der Waals surface area contributed by atoms with Crippen molar-refractivity contribution in [1.29, 1.82) is 0 Å². The Morgan fingerprint density at radius 1 is 1.28 bits per heavy atom. The molecule has 7 nitrogen and oxygen atoms in total. The minimum atomic E-state index is -0.477. The van der Waals surface area contributed by atoms with E-state index in [1.165, 1.54) is 16.8 Å². The molecule has 1 fully saturated rings. The predicted octanol–water partition coefficient (Wildman–Crippen LogP) is 3.46. The predicted molar refractivity (Wildman–Crippen MR) is 130 cm³/mol. The van der Waals surface area contributed by atoms with Crippen LogP contribution >= 0.6 is 24.8 Å². The zero-order valence-electron chi connectivity index (χ0n) is 18.4. The molecule has 0 radical (unpaired) electrons. The Labute approximate surface area is 201 Å². The summed E-state index contributed by atoms with van der Waals surface area (Å²) in [6.45, 7) is 7.06. The quantitative estimate of drug-likeness (QED) is 0.624. The van der Waals surface area contributed by atoms with Crippen molar-refractivity contribution in [2.75, 3.05) is 29.9 Å². The van der Waals surface area contributed by atoms with Gasteiger partial charge in [-0.3, -0.25) is 4.79 Å². The number of aliphatic hydroxyl groups excluding tert-OH is 1. The number of halogens is 2. The number of benzene rings is 1. The van der Waals surface area contributed by atoms with Crippen LogP contribution in [0.15, 0.2) is 24.5 Å². The average Bonchev–Trinajstić information content (AvgIpc) is 3.25. The van der Waals surface area contributed by atoms with Crippen molar-refractivity contribution in [1.82, 2.24) is 15.3 Å².